The number of nitrogens with one attached hydrogen (secondary N) is 1. The van der Waals surface area contributed by atoms with Crippen LogP contribution in [0.4, 0.5) is 4.39 Å². The number of carbonyl (C=O) groups excluding carboxylic acids is 1. The Bertz CT molecular complexity index is 1130. The first-order valence-electron chi connectivity index (χ1n) is 8.19. The number of imidazole rings is 1. The number of nitrogens with zero attached hydrogens (tertiary/aromatic N) is 4. The van der Waals surface area contributed by atoms with Crippen LogP contribution in [-0.4, -0.2) is 37.4 Å². The van der Waals surface area contributed by atoms with Gasteiger partial charge in [0.25, 0.3) is 5.91 Å². The minimum absolute atomic E-state index is 0.0677. The Hall–Kier alpha value is -3.25. The molecule has 0 spiro atoms. The van der Waals surface area contributed by atoms with Gasteiger partial charge < -0.3 is 15.0 Å². The summed E-state index contributed by atoms with van der Waals surface area (Å²) in [7, 11) is 0. The molecule has 0 saturated heterocycles. The highest BCUT2D eigenvalue weighted by Crippen LogP contribution is 2.38. The van der Waals surface area contributed by atoms with E-state index >= 15 is 0 Å². The molecule has 1 amide bonds. The smallest absolute Gasteiger partial charge is 0.290 e. The molecule has 1 aromatic carbocycles. The zero-order valence-corrected chi connectivity index (χ0v) is 15.0. The number of allylic oxidation sites excluding steroid dienone is 1. The summed E-state index contributed by atoms with van der Waals surface area (Å²) in [5.74, 6) is -1.71. The van der Waals surface area contributed by atoms with E-state index in [2.05, 4.69) is 15.0 Å². The second-order valence-corrected chi connectivity index (χ2v) is 7.20. The van der Waals surface area contributed by atoms with Crippen molar-refractivity contribution >= 4 is 27.5 Å². The first-order valence-corrected chi connectivity index (χ1v) is 9.01. The van der Waals surface area contributed by atoms with Gasteiger partial charge in [0, 0.05) is 18.7 Å². The van der Waals surface area contributed by atoms with Crippen LogP contribution in [0, 0.1) is 17.1 Å². The van der Waals surface area contributed by atoms with Crippen LogP contribution >= 0.6 is 11.3 Å². The van der Waals surface area contributed by atoms with Crippen molar-refractivity contribution in [3.8, 4) is 6.07 Å². The third kappa shape index (κ3) is 2.74. The van der Waals surface area contributed by atoms with Crippen molar-refractivity contribution in [3.05, 3.63) is 58.1 Å². The number of hydrogen-bond donors (Lipinski definition) is 2. The van der Waals surface area contributed by atoms with Crippen LogP contribution < -0.4 is 0 Å². The fourth-order valence-corrected chi connectivity index (χ4v) is 4.24. The summed E-state index contributed by atoms with van der Waals surface area (Å²) in [4.78, 5) is 26.0. The lowest BCUT2D eigenvalue weighted by atomic mass is 10.0. The van der Waals surface area contributed by atoms with Crippen molar-refractivity contribution < 1.29 is 14.3 Å². The molecule has 2 aromatic heterocycles. The maximum absolute atomic E-state index is 14.1. The predicted molar refractivity (Wildman–Crippen MR) is 96.4 cm³/mol. The minimum Gasteiger partial charge on any atom is -0.502 e. The van der Waals surface area contributed by atoms with Gasteiger partial charge >= 0.3 is 0 Å². The molecule has 136 valence electrons. The number of carbonyl (C=O) groups is 1. The number of halogens is 1. The van der Waals surface area contributed by atoms with Crippen molar-refractivity contribution in [1.82, 2.24) is 19.9 Å². The molecule has 0 saturated carbocycles. The molecule has 1 unspecified atom stereocenters. The van der Waals surface area contributed by atoms with Crippen molar-refractivity contribution in [2.24, 2.45) is 0 Å². The van der Waals surface area contributed by atoms with Gasteiger partial charge in [-0.1, -0.05) is 6.07 Å². The highest BCUT2D eigenvalue weighted by atomic mass is 32.1. The second kappa shape index (κ2) is 6.48. The Morgan fingerprint density at radius 3 is 3.07 bits per heavy atom. The molecule has 1 atom stereocenters. The van der Waals surface area contributed by atoms with E-state index in [1.807, 2.05) is 0 Å². The molecule has 0 fully saturated rings. The van der Waals surface area contributed by atoms with E-state index < -0.39 is 23.5 Å². The summed E-state index contributed by atoms with van der Waals surface area (Å²) in [5, 5.41) is 19.6. The Balaban J connectivity index is 1.86. The molecule has 7 nitrogen and oxygen atoms in total. The first-order chi connectivity index (χ1) is 13.0. The van der Waals surface area contributed by atoms with E-state index in [9.17, 15) is 14.3 Å². The number of aromatic nitrogens is 3. The molecule has 0 bridgehead atoms. The number of aromatic amines is 1. The molecule has 2 N–H and O–H groups in total. The van der Waals surface area contributed by atoms with Gasteiger partial charge in [-0.15, -0.1) is 11.3 Å². The molecule has 1 aliphatic rings. The number of thiazole rings is 1. The largest absolute Gasteiger partial charge is 0.502 e. The monoisotopic (exact) mass is 383 g/mol. The van der Waals surface area contributed by atoms with Crippen molar-refractivity contribution in [1.29, 1.82) is 5.26 Å². The van der Waals surface area contributed by atoms with E-state index in [0.29, 0.717) is 28.4 Å². The van der Waals surface area contributed by atoms with Crippen LogP contribution in [0.2, 0.25) is 0 Å². The Labute approximate surface area is 157 Å². The summed E-state index contributed by atoms with van der Waals surface area (Å²) in [6, 6.07) is 5.81. The fraction of sp³-hybridized carbons (Fsp3) is 0.222. The van der Waals surface area contributed by atoms with Gasteiger partial charge in [0.05, 0.1) is 28.4 Å². The first kappa shape index (κ1) is 17.2. The van der Waals surface area contributed by atoms with Crippen LogP contribution in [0.25, 0.3) is 10.2 Å². The number of rotatable bonds is 2. The molecule has 9 heteroatoms. The van der Waals surface area contributed by atoms with Crippen LogP contribution in [0.15, 0.2) is 35.9 Å². The quantitative estimate of drug-likeness (QED) is 0.402. The van der Waals surface area contributed by atoms with E-state index in [1.165, 1.54) is 35.6 Å². The zero-order valence-electron chi connectivity index (χ0n) is 14.2. The molecule has 0 radical (unpaired) electrons. The van der Waals surface area contributed by atoms with Crippen LogP contribution in [0.5, 0.6) is 0 Å². The third-order valence-corrected chi connectivity index (χ3v) is 5.60. The Morgan fingerprint density at radius 1 is 1.52 bits per heavy atom. The molecule has 3 aromatic rings. The van der Waals surface area contributed by atoms with Crippen LogP contribution in [0.1, 0.15) is 29.4 Å². The number of aliphatic hydroxyl groups is 1. The maximum Gasteiger partial charge on any atom is 0.290 e. The third-order valence-electron chi connectivity index (χ3n) is 4.53. The SMILES string of the molecule is C/C(C#N)=C(/O)C(=O)N1CCc2[nH]cnc2C1c1nc2c(F)cccc2s1. The normalized spacial score (nSPS) is 17.4. The number of benzene rings is 1. The molecule has 3 heterocycles. The van der Waals surface area contributed by atoms with Gasteiger partial charge in [0.2, 0.25) is 0 Å². The Kier molecular flexibility index (Phi) is 4.12. The second-order valence-electron chi connectivity index (χ2n) is 6.14. The number of hydrogen-bond acceptors (Lipinski definition) is 6. The fourth-order valence-electron chi connectivity index (χ4n) is 3.14. The van der Waals surface area contributed by atoms with Crippen molar-refractivity contribution in [3.63, 3.8) is 0 Å². The van der Waals surface area contributed by atoms with Gasteiger partial charge in [-0.2, -0.15) is 5.26 Å². The van der Waals surface area contributed by atoms with Crippen LogP contribution in [0.3, 0.4) is 0 Å². The van der Waals surface area contributed by atoms with E-state index in [-0.39, 0.29) is 11.1 Å². The summed E-state index contributed by atoms with van der Waals surface area (Å²) in [5.41, 5.74) is 1.64. The van der Waals surface area contributed by atoms with E-state index in [0.717, 1.165) is 5.69 Å². The molecule has 0 aliphatic carbocycles. The van der Waals surface area contributed by atoms with Gasteiger partial charge in [0.1, 0.15) is 22.4 Å². The number of aliphatic hydroxyl groups excluding tert-OH is 1. The van der Waals surface area contributed by atoms with Crippen molar-refractivity contribution in [2.75, 3.05) is 6.54 Å². The van der Waals surface area contributed by atoms with Gasteiger partial charge in [0.15, 0.2) is 5.76 Å². The lowest BCUT2D eigenvalue weighted by Gasteiger charge is -2.33. The number of nitriles is 1. The molecule has 1 aliphatic heterocycles. The highest BCUT2D eigenvalue weighted by Gasteiger charge is 2.37. The lowest BCUT2D eigenvalue weighted by Crippen LogP contribution is -2.41. The van der Waals surface area contributed by atoms with E-state index in [4.69, 9.17) is 5.26 Å². The minimum atomic E-state index is -0.674. The molecular formula is C18H14FN5O2S. The molecular weight excluding hydrogens is 369 g/mol. The summed E-state index contributed by atoms with van der Waals surface area (Å²) < 4.78 is 14.8. The number of para-hydroxylation sites is 1. The summed E-state index contributed by atoms with van der Waals surface area (Å²) >= 11 is 1.27. The standard InChI is InChI=1S/C18H14FN5O2S/c1-9(7-20)16(25)18(26)24-6-5-11-14(22-8-21-11)15(24)17-23-13-10(19)3-2-4-12(13)27-17/h2-4,8,15,25H,5-6H2,1H3,(H,21,22)/b16-9-. The van der Waals surface area contributed by atoms with Gasteiger partial charge in [-0.25, -0.2) is 14.4 Å². The van der Waals surface area contributed by atoms with Gasteiger partial charge in [-0.3, -0.25) is 4.79 Å². The van der Waals surface area contributed by atoms with Crippen molar-refractivity contribution in [2.45, 2.75) is 19.4 Å². The number of fused-ring (bicyclic) bond motifs is 2. The number of H-pyrrole nitrogens is 1. The number of amides is 1. The maximum atomic E-state index is 14.1. The average molecular weight is 383 g/mol. The summed E-state index contributed by atoms with van der Waals surface area (Å²) in [6.45, 7) is 1.68. The Morgan fingerprint density at radius 2 is 2.33 bits per heavy atom. The highest BCUT2D eigenvalue weighted by molar-refractivity contribution is 7.18. The molecule has 4 rings (SSSR count). The zero-order chi connectivity index (χ0) is 19.1. The molecule has 27 heavy (non-hydrogen) atoms. The van der Waals surface area contributed by atoms with E-state index in [1.54, 1.807) is 18.2 Å². The predicted octanol–water partition coefficient (Wildman–Crippen LogP) is 2.99. The lowest BCUT2D eigenvalue weighted by molar-refractivity contribution is -0.132. The van der Waals surface area contributed by atoms with Gasteiger partial charge in [-0.05, 0) is 19.1 Å². The topological polar surface area (TPSA) is 106 Å². The average Bonchev–Trinajstić information content (AvgIpc) is 3.32. The van der Waals surface area contributed by atoms with Crippen LogP contribution in [-0.2, 0) is 11.2 Å². The summed E-state index contributed by atoms with van der Waals surface area (Å²) in [6.07, 6.45) is 2.06.